The molecule has 0 saturated carbocycles. The lowest BCUT2D eigenvalue weighted by atomic mass is 9.82. The summed E-state index contributed by atoms with van der Waals surface area (Å²) in [6.07, 6.45) is 3.79. The number of aromatic nitrogens is 8. The molecule has 0 radical (unpaired) electrons. The van der Waals surface area contributed by atoms with Gasteiger partial charge in [-0.3, -0.25) is 9.13 Å². The Morgan fingerprint density at radius 1 is 0.217 bits per heavy atom. The van der Waals surface area contributed by atoms with E-state index >= 15 is 0 Å². The Bertz CT molecular complexity index is 7010. The predicted molar refractivity (Wildman–Crippen MR) is 438 cm³/mol. The maximum absolute atomic E-state index is 5.32. The molecule has 20 aromatic rings. The summed E-state index contributed by atoms with van der Waals surface area (Å²) in [6.45, 7) is 9.34. The molecule has 0 atom stereocenters. The average molecular weight is 1360 g/mol. The highest BCUT2D eigenvalue weighted by Gasteiger charge is 2.38. The summed E-state index contributed by atoms with van der Waals surface area (Å²) in [7, 11) is 0. The highest BCUT2D eigenvalue weighted by molar-refractivity contribution is 6.15. The number of rotatable bonds is 8. The SMILES string of the molecule is CC1(C)c2ccccc2-c2cc3c4ccccc4n(-c4nccc(-c5ccc6c(c5)c5cc(-c7ccccc7)ccc5n6-c5ccccc5)n4)c3cc21.CC1(C)c2ccccc2-c2cc3c4ccccc4n(-c4nccc(-c5cccc(-c6ccc7c(c6)c6ccccc6n7-c6ccccc6)c5)n4)c3cc21. The first-order chi connectivity index (χ1) is 52.1. The van der Waals surface area contributed by atoms with Crippen molar-refractivity contribution in [3.8, 4) is 90.3 Å². The summed E-state index contributed by atoms with van der Waals surface area (Å²) in [5.74, 6) is 1.34. The summed E-state index contributed by atoms with van der Waals surface area (Å²) in [5, 5.41) is 9.71. The lowest BCUT2D eigenvalue weighted by Gasteiger charge is -2.21. The van der Waals surface area contributed by atoms with Crippen LogP contribution in [0.25, 0.3) is 178 Å². The monoisotopic (exact) mass is 1360 g/mol. The Morgan fingerprint density at radius 2 is 0.557 bits per heavy atom. The first-order valence-corrected chi connectivity index (χ1v) is 36.5. The van der Waals surface area contributed by atoms with Crippen molar-refractivity contribution in [1.29, 1.82) is 0 Å². The fraction of sp³-hybridized carbons (Fsp3) is 0.0612. The largest absolute Gasteiger partial charge is 0.309 e. The van der Waals surface area contributed by atoms with Gasteiger partial charge in [-0.25, -0.2) is 19.9 Å². The van der Waals surface area contributed by atoms with Crippen LogP contribution in [0.4, 0.5) is 0 Å². The molecule has 500 valence electrons. The molecule has 106 heavy (non-hydrogen) atoms. The van der Waals surface area contributed by atoms with Crippen LogP contribution < -0.4 is 0 Å². The molecule has 0 spiro atoms. The number of nitrogens with zero attached hydrogens (tertiary/aromatic N) is 8. The Balaban J connectivity index is 0.000000136. The molecule has 0 unspecified atom stereocenters. The summed E-state index contributed by atoms with van der Waals surface area (Å²) >= 11 is 0. The van der Waals surface area contributed by atoms with E-state index in [0.717, 1.165) is 67.0 Å². The van der Waals surface area contributed by atoms with Crippen LogP contribution in [-0.4, -0.2) is 38.2 Å². The smallest absolute Gasteiger partial charge is 0.235 e. The molecule has 8 heteroatoms. The Kier molecular flexibility index (Phi) is 13.5. The van der Waals surface area contributed by atoms with Crippen LogP contribution in [0.3, 0.4) is 0 Å². The highest BCUT2D eigenvalue weighted by Crippen LogP contribution is 2.53. The summed E-state index contributed by atoms with van der Waals surface area (Å²) in [4.78, 5) is 20.4. The molecule has 8 nitrogen and oxygen atoms in total. The van der Waals surface area contributed by atoms with E-state index in [1.165, 1.54) is 121 Å². The van der Waals surface area contributed by atoms with E-state index in [0.29, 0.717) is 11.9 Å². The zero-order chi connectivity index (χ0) is 70.5. The Morgan fingerprint density at radius 3 is 1.05 bits per heavy atom. The van der Waals surface area contributed by atoms with Crippen LogP contribution in [0.2, 0.25) is 0 Å². The molecule has 6 aromatic heterocycles. The van der Waals surface area contributed by atoms with E-state index in [4.69, 9.17) is 19.9 Å². The van der Waals surface area contributed by atoms with Gasteiger partial charge in [0, 0.05) is 88.8 Å². The summed E-state index contributed by atoms with van der Waals surface area (Å²) in [6, 6.07) is 118. The molecule has 22 rings (SSSR count). The van der Waals surface area contributed by atoms with Crippen LogP contribution in [0.15, 0.2) is 340 Å². The van der Waals surface area contributed by atoms with E-state index in [1.807, 2.05) is 24.5 Å². The van der Waals surface area contributed by atoms with Crippen molar-refractivity contribution in [3.63, 3.8) is 0 Å². The Hall–Kier alpha value is -13.6. The number of fused-ring (bicyclic) bond motifs is 18. The minimum Gasteiger partial charge on any atom is -0.309 e. The van der Waals surface area contributed by atoms with Gasteiger partial charge in [0.2, 0.25) is 11.9 Å². The number of hydrogen-bond donors (Lipinski definition) is 0. The maximum Gasteiger partial charge on any atom is 0.235 e. The number of benzene rings is 14. The zero-order valence-corrected chi connectivity index (χ0v) is 58.9. The normalized spacial score (nSPS) is 13.2. The minimum absolute atomic E-state index is 0.107. The topological polar surface area (TPSA) is 71.3 Å². The average Bonchev–Trinajstić information content (AvgIpc) is 1.56. The molecule has 0 N–H and O–H groups in total. The van der Waals surface area contributed by atoms with Gasteiger partial charge in [-0.1, -0.05) is 234 Å². The van der Waals surface area contributed by atoms with E-state index in [9.17, 15) is 0 Å². The first-order valence-electron chi connectivity index (χ1n) is 36.5. The molecule has 0 fully saturated rings. The van der Waals surface area contributed by atoms with Crippen LogP contribution in [-0.2, 0) is 10.8 Å². The summed E-state index contributed by atoms with van der Waals surface area (Å²) in [5.41, 5.74) is 30.6. The molecular weight excluding hydrogens is 1290 g/mol. The summed E-state index contributed by atoms with van der Waals surface area (Å²) < 4.78 is 9.22. The quantitative estimate of drug-likeness (QED) is 0.152. The first kappa shape index (κ1) is 61.1. The van der Waals surface area contributed by atoms with Crippen LogP contribution in [0.5, 0.6) is 0 Å². The third-order valence-corrected chi connectivity index (χ3v) is 22.8. The second kappa shape index (κ2) is 23.5. The maximum atomic E-state index is 5.32. The van der Waals surface area contributed by atoms with Gasteiger partial charge in [0.15, 0.2) is 0 Å². The van der Waals surface area contributed by atoms with E-state index < -0.39 is 0 Å². The molecule has 6 heterocycles. The lowest BCUT2D eigenvalue weighted by Crippen LogP contribution is -2.15. The molecular formula is C98H68N8. The van der Waals surface area contributed by atoms with Gasteiger partial charge in [-0.05, 0) is 188 Å². The molecule has 0 amide bonds. The number of para-hydroxylation sites is 5. The fourth-order valence-corrected chi connectivity index (χ4v) is 17.7. The van der Waals surface area contributed by atoms with Crippen molar-refractivity contribution in [2.75, 3.05) is 0 Å². The second-order valence-corrected chi connectivity index (χ2v) is 29.4. The van der Waals surface area contributed by atoms with Crippen LogP contribution in [0.1, 0.15) is 49.9 Å². The molecule has 2 aliphatic carbocycles. The van der Waals surface area contributed by atoms with Gasteiger partial charge in [-0.2, -0.15) is 0 Å². The van der Waals surface area contributed by atoms with E-state index in [-0.39, 0.29) is 10.8 Å². The standard InChI is InChI=1S/2C49H34N4/c1-49(2)41-19-11-9-17-35(41)37-29-40-36-18-10-12-20-44(36)53(47(40)30-42(37)49)48-50-26-25-43(51-48)33-22-24-46-39(28-33)38-27-32(31-13-5-3-6-14-31)21-23-45(38)52(46)34-15-7-4-8-16-34;1-49(2)41-20-9-6-17-35(41)38-29-40-37-19-8-11-22-45(37)53(47(40)30-42(38)49)48-50-26-25-43(51-48)33-14-12-13-31(27-33)32-23-24-46-39(28-32)36-18-7-10-21-44(36)52(46)34-15-4-3-5-16-34/h2*3-30H,1-2H3. The van der Waals surface area contributed by atoms with Gasteiger partial charge in [-0.15, -0.1) is 0 Å². The minimum atomic E-state index is -0.112. The molecule has 14 aromatic carbocycles. The van der Waals surface area contributed by atoms with Crippen LogP contribution in [0, 0.1) is 0 Å². The van der Waals surface area contributed by atoms with E-state index in [1.54, 1.807) is 0 Å². The van der Waals surface area contributed by atoms with Gasteiger partial charge < -0.3 is 9.13 Å². The fourth-order valence-electron chi connectivity index (χ4n) is 17.7. The zero-order valence-electron chi connectivity index (χ0n) is 58.9. The van der Waals surface area contributed by atoms with Gasteiger partial charge >= 0.3 is 0 Å². The third-order valence-electron chi connectivity index (χ3n) is 22.8. The van der Waals surface area contributed by atoms with Crippen LogP contribution >= 0.6 is 0 Å². The molecule has 0 bridgehead atoms. The van der Waals surface area contributed by atoms with Crippen molar-refractivity contribution in [3.05, 3.63) is 362 Å². The highest BCUT2D eigenvalue weighted by atomic mass is 15.2. The van der Waals surface area contributed by atoms with Crippen molar-refractivity contribution >= 4 is 87.2 Å². The Labute approximate surface area is 612 Å². The molecule has 0 saturated heterocycles. The number of hydrogen-bond acceptors (Lipinski definition) is 4. The lowest BCUT2D eigenvalue weighted by molar-refractivity contribution is 0.660. The predicted octanol–water partition coefficient (Wildman–Crippen LogP) is 24.6. The molecule has 0 aliphatic heterocycles. The van der Waals surface area contributed by atoms with Crippen molar-refractivity contribution in [1.82, 2.24) is 38.2 Å². The third kappa shape index (κ3) is 9.33. The van der Waals surface area contributed by atoms with Gasteiger partial charge in [0.1, 0.15) is 0 Å². The molecule has 2 aliphatic rings. The second-order valence-electron chi connectivity index (χ2n) is 29.4. The van der Waals surface area contributed by atoms with Crippen molar-refractivity contribution in [2.45, 2.75) is 38.5 Å². The van der Waals surface area contributed by atoms with Gasteiger partial charge in [0.05, 0.1) is 55.5 Å². The van der Waals surface area contributed by atoms with Gasteiger partial charge in [0.25, 0.3) is 0 Å². The van der Waals surface area contributed by atoms with Crippen molar-refractivity contribution < 1.29 is 0 Å². The van der Waals surface area contributed by atoms with Crippen molar-refractivity contribution in [2.24, 2.45) is 0 Å². The van der Waals surface area contributed by atoms with E-state index in [2.05, 4.69) is 361 Å².